The Morgan fingerprint density at radius 3 is 1.30 bits per heavy atom. The summed E-state index contributed by atoms with van der Waals surface area (Å²) in [6, 6.07) is 0. The molecule has 0 aliphatic rings. The highest BCUT2D eigenvalue weighted by molar-refractivity contribution is 6.98. The molecule has 0 bridgehead atoms. The van der Waals surface area contributed by atoms with Crippen LogP contribution in [0.25, 0.3) is 0 Å². The van der Waals surface area contributed by atoms with Crippen molar-refractivity contribution in [3.05, 3.63) is 0 Å². The first-order valence-corrected chi connectivity index (χ1v) is 14.6. The maximum absolute atomic E-state index is 5.63. The quantitative estimate of drug-likeness (QED) is 0.431. The van der Waals surface area contributed by atoms with Gasteiger partial charge in [0.15, 0.2) is 36.6 Å². The summed E-state index contributed by atoms with van der Waals surface area (Å²) in [4.78, 5) is 0. The monoisotopic (exact) mass is 210 g/mol. The fourth-order valence-electron chi connectivity index (χ4n) is 0.568. The molecule has 2 nitrogen and oxygen atoms in total. The van der Waals surface area contributed by atoms with Crippen molar-refractivity contribution in [2.24, 2.45) is 0 Å². The van der Waals surface area contributed by atoms with Crippen LogP contribution >= 0.6 is 0 Å². The van der Waals surface area contributed by atoms with Gasteiger partial charge < -0.3 is 8.23 Å². The number of hydrogen-bond donors (Lipinski definition) is 0. The molecule has 0 saturated heterocycles. The summed E-state index contributed by atoms with van der Waals surface area (Å²) in [5, 5.41) is 0. The van der Waals surface area contributed by atoms with Gasteiger partial charge >= 0.3 is 0 Å². The second-order valence-electron chi connectivity index (χ2n) is 2.84. The van der Waals surface area contributed by atoms with E-state index in [1.807, 2.05) is 0 Å². The van der Waals surface area contributed by atoms with E-state index in [1.165, 1.54) is 0 Å². The molecule has 0 unspecified atom stereocenters. The molecule has 0 aromatic carbocycles. The first kappa shape index (κ1) is 10.8. The fraction of sp³-hybridized carbons (Fsp3) is 1.00. The zero-order valence-corrected chi connectivity index (χ0v) is 12.5. The van der Waals surface area contributed by atoms with Crippen LogP contribution in [-0.2, 0) is 8.23 Å². The molecule has 0 aromatic heterocycles. The Labute approximate surface area is 71.4 Å². The molecule has 0 saturated carbocycles. The largest absolute Gasteiger partial charge is 0.463 e. The Bertz CT molecular complexity index is 67.7. The zero-order chi connectivity index (χ0) is 7.98. The van der Waals surface area contributed by atoms with Crippen LogP contribution in [-0.4, -0.2) is 36.6 Å². The molecule has 0 fully saturated rings. The number of hydrogen-bond acceptors (Lipinski definition) is 2. The maximum atomic E-state index is 5.63. The third-order valence-electron chi connectivity index (χ3n) is 0.986. The standard InChI is InChI=1S/C4H18O2Si4/c1-9(2)5-7-8-6-10(3)4/h9-10H,7-8H2,1-4H3. The van der Waals surface area contributed by atoms with E-state index >= 15 is 0 Å². The van der Waals surface area contributed by atoms with Gasteiger partial charge in [0.1, 0.15) is 0 Å². The third-order valence-corrected chi connectivity index (χ3v) is 13.1. The Balaban J connectivity index is 2.91. The topological polar surface area (TPSA) is 18.5 Å². The van der Waals surface area contributed by atoms with E-state index in [4.69, 9.17) is 8.23 Å². The molecule has 0 N–H and O–H groups in total. The van der Waals surface area contributed by atoms with Crippen LogP contribution in [0.2, 0.25) is 26.2 Å². The van der Waals surface area contributed by atoms with Crippen LogP contribution in [0.1, 0.15) is 0 Å². The van der Waals surface area contributed by atoms with Crippen molar-refractivity contribution in [2.75, 3.05) is 0 Å². The van der Waals surface area contributed by atoms with E-state index in [1.54, 1.807) is 0 Å². The highest BCUT2D eigenvalue weighted by Gasteiger charge is 1.98. The van der Waals surface area contributed by atoms with Gasteiger partial charge in [-0.2, -0.15) is 0 Å². The summed E-state index contributed by atoms with van der Waals surface area (Å²) in [7, 11) is -1.73. The van der Waals surface area contributed by atoms with Gasteiger partial charge in [-0.3, -0.25) is 0 Å². The van der Waals surface area contributed by atoms with Crippen molar-refractivity contribution in [3.8, 4) is 0 Å². The summed E-state index contributed by atoms with van der Waals surface area (Å²) < 4.78 is 11.3. The van der Waals surface area contributed by atoms with Gasteiger partial charge in [0.05, 0.1) is 0 Å². The highest BCUT2D eigenvalue weighted by atomic mass is 29.2. The van der Waals surface area contributed by atoms with E-state index in [9.17, 15) is 0 Å². The van der Waals surface area contributed by atoms with E-state index < -0.39 is 18.1 Å². The predicted octanol–water partition coefficient (Wildman–Crippen LogP) is -0.931. The first-order valence-electron chi connectivity index (χ1n) is 3.86. The Hall–Kier alpha value is 0.788. The van der Waals surface area contributed by atoms with Crippen LogP contribution in [0, 0.1) is 0 Å². The van der Waals surface area contributed by atoms with Gasteiger partial charge in [-0.25, -0.2) is 0 Å². The van der Waals surface area contributed by atoms with E-state index in [0.717, 1.165) is 0 Å². The minimum absolute atomic E-state index is 0.166. The maximum Gasteiger partial charge on any atom is 0.158 e. The van der Waals surface area contributed by atoms with Crippen molar-refractivity contribution in [3.63, 3.8) is 0 Å². The zero-order valence-electron chi connectivity index (χ0n) is 7.39. The summed E-state index contributed by atoms with van der Waals surface area (Å²) >= 11 is 0. The van der Waals surface area contributed by atoms with Crippen molar-refractivity contribution in [1.29, 1.82) is 0 Å². The second-order valence-corrected chi connectivity index (χ2v) is 13.0. The highest BCUT2D eigenvalue weighted by Crippen LogP contribution is 1.82. The molecule has 0 aromatic rings. The lowest BCUT2D eigenvalue weighted by molar-refractivity contribution is 0.605. The van der Waals surface area contributed by atoms with Crippen molar-refractivity contribution >= 4 is 36.6 Å². The van der Waals surface area contributed by atoms with Crippen molar-refractivity contribution in [1.82, 2.24) is 0 Å². The SMILES string of the molecule is C[SiH](C)O[SiH2][SiH2]O[SiH](C)C. The molecule has 0 aliphatic heterocycles. The van der Waals surface area contributed by atoms with Crippen molar-refractivity contribution in [2.45, 2.75) is 26.2 Å². The molecule has 62 valence electrons. The van der Waals surface area contributed by atoms with Crippen LogP contribution in [0.5, 0.6) is 0 Å². The van der Waals surface area contributed by atoms with Crippen molar-refractivity contribution < 1.29 is 8.23 Å². The van der Waals surface area contributed by atoms with Gasteiger partial charge in [0.2, 0.25) is 0 Å². The van der Waals surface area contributed by atoms with Gasteiger partial charge in [0.25, 0.3) is 0 Å². The molecule has 10 heavy (non-hydrogen) atoms. The Morgan fingerprint density at radius 2 is 1.10 bits per heavy atom. The molecular weight excluding hydrogens is 192 g/mol. The smallest absolute Gasteiger partial charge is 0.158 e. The number of rotatable bonds is 5. The van der Waals surface area contributed by atoms with Crippen LogP contribution in [0.3, 0.4) is 0 Å². The van der Waals surface area contributed by atoms with Gasteiger partial charge in [0, 0.05) is 0 Å². The lowest BCUT2D eigenvalue weighted by Gasteiger charge is -2.08. The average Bonchev–Trinajstić information content (AvgIpc) is 1.79. The van der Waals surface area contributed by atoms with Crippen LogP contribution in [0.15, 0.2) is 0 Å². The van der Waals surface area contributed by atoms with Crippen LogP contribution < -0.4 is 0 Å². The normalized spacial score (nSPS) is 13.8. The third kappa shape index (κ3) is 8.79. The summed E-state index contributed by atoms with van der Waals surface area (Å²) in [5.41, 5.74) is 0. The summed E-state index contributed by atoms with van der Waals surface area (Å²) in [5.74, 6) is 0. The minimum Gasteiger partial charge on any atom is -0.463 e. The molecule has 0 heterocycles. The van der Waals surface area contributed by atoms with Crippen LogP contribution in [0.4, 0.5) is 0 Å². The summed E-state index contributed by atoms with van der Waals surface area (Å²) in [6.07, 6.45) is 0. The lowest BCUT2D eigenvalue weighted by Crippen LogP contribution is -2.23. The molecule has 0 spiro atoms. The molecular formula is C4H18O2Si4. The second kappa shape index (κ2) is 6.49. The average molecular weight is 211 g/mol. The van der Waals surface area contributed by atoms with E-state index in [0.29, 0.717) is 0 Å². The molecule has 6 heteroatoms. The first-order chi connectivity index (χ1) is 4.63. The molecule has 0 atom stereocenters. The fourth-order valence-corrected chi connectivity index (χ4v) is 15.3. The summed E-state index contributed by atoms with van der Waals surface area (Å²) in [6.45, 7) is 8.92. The molecule has 0 aliphatic carbocycles. The Kier molecular flexibility index (Phi) is 7.01. The van der Waals surface area contributed by atoms with Gasteiger partial charge in [-0.1, -0.05) is 0 Å². The minimum atomic E-state index is -0.702. The molecule has 0 rings (SSSR count). The molecule has 0 radical (unpaired) electrons. The van der Waals surface area contributed by atoms with E-state index in [-0.39, 0.29) is 18.6 Å². The van der Waals surface area contributed by atoms with E-state index in [2.05, 4.69) is 26.2 Å². The Morgan fingerprint density at radius 1 is 0.800 bits per heavy atom. The van der Waals surface area contributed by atoms with Gasteiger partial charge in [-0.15, -0.1) is 0 Å². The lowest BCUT2D eigenvalue weighted by atomic mass is 11.9. The predicted molar refractivity (Wildman–Crippen MR) is 57.0 cm³/mol. The molecule has 0 amide bonds. The van der Waals surface area contributed by atoms with Gasteiger partial charge in [-0.05, 0) is 26.2 Å².